The van der Waals surface area contributed by atoms with Crippen molar-refractivity contribution in [1.82, 2.24) is 4.90 Å². The molecule has 0 fully saturated rings. The fraction of sp³-hybridized carbons (Fsp3) is 0.462. The van der Waals surface area contributed by atoms with Gasteiger partial charge >= 0.3 is 0 Å². The van der Waals surface area contributed by atoms with E-state index in [0.717, 1.165) is 0 Å². The number of hydrogen-bond acceptors (Lipinski definition) is 4. The van der Waals surface area contributed by atoms with Gasteiger partial charge < -0.3 is 13.9 Å². The molecule has 0 amide bonds. The molecule has 0 unspecified atom stereocenters. The average Bonchev–Trinajstić information content (AvgIpc) is 2.85. The molecule has 0 aliphatic carbocycles. The SMILES string of the molecule is CCP(=O)(CC)c1ccc(C(=O)C=CN(C)C)o1. The Labute approximate surface area is 108 Å². The van der Waals surface area contributed by atoms with Gasteiger partial charge in [-0.1, -0.05) is 13.8 Å². The van der Waals surface area contributed by atoms with Crippen molar-refractivity contribution in [3.8, 4) is 0 Å². The summed E-state index contributed by atoms with van der Waals surface area (Å²) in [5.74, 6) is 0.0268. The van der Waals surface area contributed by atoms with Crippen LogP contribution in [0, 0.1) is 0 Å². The molecule has 100 valence electrons. The fourth-order valence-electron chi connectivity index (χ4n) is 1.51. The Hall–Kier alpha value is -1.28. The Morgan fingerprint density at radius 1 is 1.33 bits per heavy atom. The zero-order valence-electron chi connectivity index (χ0n) is 11.3. The average molecular weight is 269 g/mol. The van der Waals surface area contributed by atoms with Crippen molar-refractivity contribution in [2.24, 2.45) is 0 Å². The maximum absolute atomic E-state index is 12.4. The van der Waals surface area contributed by atoms with Crippen LogP contribution in [0.3, 0.4) is 0 Å². The number of allylic oxidation sites excluding steroid dienone is 1. The van der Waals surface area contributed by atoms with E-state index in [-0.39, 0.29) is 11.5 Å². The van der Waals surface area contributed by atoms with Crippen LogP contribution in [-0.4, -0.2) is 37.1 Å². The van der Waals surface area contributed by atoms with E-state index in [1.807, 2.05) is 27.9 Å². The van der Waals surface area contributed by atoms with Gasteiger partial charge in [0.25, 0.3) is 0 Å². The summed E-state index contributed by atoms with van der Waals surface area (Å²) >= 11 is 0. The van der Waals surface area contributed by atoms with Gasteiger partial charge in [0.2, 0.25) is 5.78 Å². The van der Waals surface area contributed by atoms with Crippen LogP contribution in [0.4, 0.5) is 0 Å². The Bertz CT molecular complexity index is 480. The molecule has 1 aromatic heterocycles. The molecule has 0 aliphatic rings. The summed E-state index contributed by atoms with van der Waals surface area (Å²) in [5, 5.41) is 0. The van der Waals surface area contributed by atoms with E-state index in [2.05, 4.69) is 0 Å². The van der Waals surface area contributed by atoms with Crippen LogP contribution < -0.4 is 5.50 Å². The third-order valence-corrected chi connectivity index (χ3v) is 5.87. The smallest absolute Gasteiger partial charge is 0.222 e. The molecule has 0 bridgehead atoms. The van der Waals surface area contributed by atoms with Gasteiger partial charge in [-0.2, -0.15) is 0 Å². The van der Waals surface area contributed by atoms with E-state index < -0.39 is 7.14 Å². The third kappa shape index (κ3) is 3.36. The van der Waals surface area contributed by atoms with Gasteiger partial charge in [-0.25, -0.2) is 0 Å². The van der Waals surface area contributed by atoms with Crippen LogP contribution in [0.5, 0.6) is 0 Å². The first-order valence-electron chi connectivity index (χ1n) is 6.00. The van der Waals surface area contributed by atoms with Crippen molar-refractivity contribution in [3.05, 3.63) is 30.2 Å². The van der Waals surface area contributed by atoms with Gasteiger partial charge in [0, 0.05) is 38.7 Å². The summed E-state index contributed by atoms with van der Waals surface area (Å²) in [6.45, 7) is 3.75. The molecule has 0 spiro atoms. The van der Waals surface area contributed by atoms with E-state index in [1.165, 1.54) is 6.08 Å². The van der Waals surface area contributed by atoms with Crippen LogP contribution in [0.2, 0.25) is 0 Å². The fourth-order valence-corrected chi connectivity index (χ4v) is 3.19. The van der Waals surface area contributed by atoms with Gasteiger partial charge in [-0.05, 0) is 12.1 Å². The number of rotatable bonds is 6. The zero-order chi connectivity index (χ0) is 13.8. The lowest BCUT2D eigenvalue weighted by Gasteiger charge is -2.09. The second-order valence-electron chi connectivity index (χ2n) is 4.30. The minimum absolute atomic E-state index is 0.214. The van der Waals surface area contributed by atoms with E-state index in [9.17, 15) is 9.36 Å². The topological polar surface area (TPSA) is 50.5 Å². The number of carbonyl (C=O) groups excluding carboxylic acids is 1. The van der Waals surface area contributed by atoms with Crippen LogP contribution in [-0.2, 0) is 4.57 Å². The molecule has 0 aliphatic heterocycles. The molecule has 0 radical (unpaired) electrons. The summed E-state index contributed by atoms with van der Waals surface area (Å²) in [4.78, 5) is 13.5. The van der Waals surface area contributed by atoms with Gasteiger partial charge in [0.15, 0.2) is 11.3 Å². The predicted octanol–water partition coefficient (Wildman–Crippen LogP) is 2.57. The summed E-state index contributed by atoms with van der Waals surface area (Å²) in [5.41, 5.74) is 0.453. The van der Waals surface area contributed by atoms with Crippen molar-refractivity contribution >= 4 is 18.4 Å². The molecular formula is C13H20NO3P. The first-order chi connectivity index (χ1) is 8.42. The van der Waals surface area contributed by atoms with Crippen molar-refractivity contribution in [1.29, 1.82) is 0 Å². The van der Waals surface area contributed by atoms with E-state index in [0.29, 0.717) is 17.8 Å². The molecular weight excluding hydrogens is 249 g/mol. The zero-order valence-corrected chi connectivity index (χ0v) is 12.2. The largest absolute Gasteiger partial charge is 0.450 e. The van der Waals surface area contributed by atoms with E-state index >= 15 is 0 Å². The normalized spacial score (nSPS) is 12.0. The number of carbonyl (C=O) groups is 1. The molecule has 1 aromatic rings. The highest BCUT2D eigenvalue weighted by Crippen LogP contribution is 2.43. The maximum Gasteiger partial charge on any atom is 0.222 e. The van der Waals surface area contributed by atoms with Gasteiger partial charge in [0.1, 0.15) is 7.14 Å². The predicted molar refractivity (Wildman–Crippen MR) is 74.2 cm³/mol. The van der Waals surface area contributed by atoms with Crippen LogP contribution in [0.15, 0.2) is 28.8 Å². The van der Waals surface area contributed by atoms with Gasteiger partial charge in [-0.15, -0.1) is 0 Å². The number of hydrogen-bond donors (Lipinski definition) is 0. The van der Waals surface area contributed by atoms with Crippen LogP contribution >= 0.6 is 7.14 Å². The monoisotopic (exact) mass is 269 g/mol. The molecule has 0 N–H and O–H groups in total. The maximum atomic E-state index is 12.4. The van der Waals surface area contributed by atoms with Crippen molar-refractivity contribution in [2.75, 3.05) is 26.4 Å². The second-order valence-corrected chi connectivity index (χ2v) is 7.79. The van der Waals surface area contributed by atoms with Gasteiger partial charge in [0.05, 0.1) is 0 Å². The molecule has 5 heteroatoms. The molecule has 0 atom stereocenters. The lowest BCUT2D eigenvalue weighted by molar-refractivity contribution is 0.102. The summed E-state index contributed by atoms with van der Waals surface area (Å²) in [7, 11) is 1.22. The minimum Gasteiger partial charge on any atom is -0.450 e. The van der Waals surface area contributed by atoms with Crippen LogP contribution in [0.25, 0.3) is 0 Å². The lowest BCUT2D eigenvalue weighted by Crippen LogP contribution is -2.06. The summed E-state index contributed by atoms with van der Waals surface area (Å²) in [6, 6.07) is 3.25. The highest BCUT2D eigenvalue weighted by Gasteiger charge is 2.24. The first-order valence-corrected chi connectivity index (χ1v) is 8.08. The Balaban J connectivity index is 2.93. The molecule has 0 saturated carbocycles. The quantitative estimate of drug-likeness (QED) is 0.452. The Morgan fingerprint density at radius 2 is 1.94 bits per heavy atom. The second kappa shape index (κ2) is 6.05. The highest BCUT2D eigenvalue weighted by atomic mass is 31.2. The van der Waals surface area contributed by atoms with Crippen molar-refractivity contribution in [3.63, 3.8) is 0 Å². The van der Waals surface area contributed by atoms with Gasteiger partial charge in [-0.3, -0.25) is 4.79 Å². The van der Waals surface area contributed by atoms with Crippen molar-refractivity contribution < 1.29 is 13.8 Å². The standard InChI is InChI=1S/C13H20NO3P/c1-5-18(16,6-2)13-8-7-12(17-13)11(15)9-10-14(3)4/h7-10H,5-6H2,1-4H3. The molecule has 0 saturated heterocycles. The molecule has 4 nitrogen and oxygen atoms in total. The Morgan fingerprint density at radius 3 is 2.44 bits per heavy atom. The summed E-state index contributed by atoms with van der Waals surface area (Å²) < 4.78 is 17.9. The van der Waals surface area contributed by atoms with E-state index in [4.69, 9.17) is 4.42 Å². The lowest BCUT2D eigenvalue weighted by atomic mass is 10.3. The third-order valence-electron chi connectivity index (χ3n) is 2.78. The Kier molecular flexibility index (Phi) is 4.97. The van der Waals surface area contributed by atoms with Crippen molar-refractivity contribution in [2.45, 2.75) is 13.8 Å². The number of nitrogens with zero attached hydrogens (tertiary/aromatic N) is 1. The molecule has 0 aromatic carbocycles. The first kappa shape index (κ1) is 14.8. The number of ketones is 1. The van der Waals surface area contributed by atoms with E-state index in [1.54, 1.807) is 23.2 Å². The minimum atomic E-state index is -2.44. The van der Waals surface area contributed by atoms with Crippen LogP contribution in [0.1, 0.15) is 24.4 Å². The summed E-state index contributed by atoms with van der Waals surface area (Å²) in [6.07, 6.45) is 4.20. The number of furan rings is 1. The molecule has 1 rings (SSSR count). The molecule has 1 heterocycles. The molecule has 18 heavy (non-hydrogen) atoms. The highest BCUT2D eigenvalue weighted by molar-refractivity contribution is 7.71.